The van der Waals surface area contributed by atoms with Crippen LogP contribution in [-0.2, 0) is 0 Å². The molecule has 1 heterocycles. The number of nitrogens with one attached hydrogen (secondary N) is 1. The third kappa shape index (κ3) is 2.21. The number of carbonyl (C=O) groups is 1. The van der Waals surface area contributed by atoms with Gasteiger partial charge in [0.15, 0.2) is 0 Å². The summed E-state index contributed by atoms with van der Waals surface area (Å²) in [5.41, 5.74) is 1.71. The summed E-state index contributed by atoms with van der Waals surface area (Å²) in [6.45, 7) is 0. The van der Waals surface area contributed by atoms with E-state index in [1.54, 1.807) is 36.4 Å². The van der Waals surface area contributed by atoms with Crippen molar-refractivity contribution in [1.82, 2.24) is 0 Å². The van der Waals surface area contributed by atoms with E-state index in [9.17, 15) is 9.90 Å². The molecule has 2 N–H and O–H groups in total. The molecule has 0 spiro atoms. The molecule has 2 aromatic carbocycles. The van der Waals surface area contributed by atoms with Crippen molar-refractivity contribution in [2.45, 2.75) is 0 Å². The fourth-order valence-corrected chi connectivity index (χ4v) is 2.12. The highest BCUT2D eigenvalue weighted by molar-refractivity contribution is 6.30. The molecule has 3 rings (SSSR count). The first-order chi connectivity index (χ1) is 9.65. The van der Waals surface area contributed by atoms with E-state index in [0.29, 0.717) is 16.3 Å². The van der Waals surface area contributed by atoms with Gasteiger partial charge >= 0.3 is 5.97 Å². The van der Waals surface area contributed by atoms with Gasteiger partial charge in [-0.05, 0) is 36.4 Å². The first-order valence-electron chi connectivity index (χ1n) is 5.92. The summed E-state index contributed by atoms with van der Waals surface area (Å²) in [6, 6.07) is 14.2. The van der Waals surface area contributed by atoms with Crippen LogP contribution in [0.25, 0.3) is 11.0 Å². The Labute approximate surface area is 119 Å². The number of rotatable bonds is 3. The molecule has 3 aromatic rings. The van der Waals surface area contributed by atoms with E-state index in [1.807, 2.05) is 12.1 Å². The summed E-state index contributed by atoms with van der Waals surface area (Å²) in [5, 5.41) is 13.6. The number of furan rings is 1. The summed E-state index contributed by atoms with van der Waals surface area (Å²) in [7, 11) is 0. The Morgan fingerprint density at radius 3 is 2.50 bits per heavy atom. The van der Waals surface area contributed by atoms with Crippen LogP contribution in [0.4, 0.5) is 11.4 Å². The molecule has 1 aromatic heterocycles. The summed E-state index contributed by atoms with van der Waals surface area (Å²) < 4.78 is 5.37. The second kappa shape index (κ2) is 4.90. The van der Waals surface area contributed by atoms with E-state index >= 15 is 0 Å². The lowest BCUT2D eigenvalue weighted by molar-refractivity contribution is 0.0666. The minimum atomic E-state index is -1.11. The third-order valence-corrected chi connectivity index (χ3v) is 3.16. The van der Waals surface area contributed by atoms with Crippen molar-refractivity contribution >= 4 is 39.9 Å². The predicted molar refractivity (Wildman–Crippen MR) is 77.9 cm³/mol. The smallest absolute Gasteiger partial charge is 0.374 e. The Hall–Kier alpha value is -2.46. The van der Waals surface area contributed by atoms with E-state index in [1.165, 1.54) is 0 Å². The Bertz CT molecular complexity index is 777. The molecule has 0 aliphatic carbocycles. The summed E-state index contributed by atoms with van der Waals surface area (Å²) >= 11 is 5.83. The summed E-state index contributed by atoms with van der Waals surface area (Å²) in [6.07, 6.45) is 0. The van der Waals surface area contributed by atoms with Gasteiger partial charge in [-0.25, -0.2) is 4.79 Å². The highest BCUT2D eigenvalue weighted by Gasteiger charge is 2.19. The number of carboxylic acids is 1. The van der Waals surface area contributed by atoms with Crippen molar-refractivity contribution in [2.24, 2.45) is 0 Å². The Morgan fingerprint density at radius 2 is 1.80 bits per heavy atom. The fraction of sp³-hybridized carbons (Fsp3) is 0. The van der Waals surface area contributed by atoms with E-state index < -0.39 is 5.97 Å². The van der Waals surface area contributed by atoms with Gasteiger partial charge in [-0.1, -0.05) is 23.7 Å². The topological polar surface area (TPSA) is 62.5 Å². The van der Waals surface area contributed by atoms with Crippen LogP contribution in [0, 0.1) is 0 Å². The van der Waals surface area contributed by atoms with Crippen molar-refractivity contribution in [2.75, 3.05) is 5.32 Å². The van der Waals surface area contributed by atoms with Gasteiger partial charge in [0.05, 0.1) is 0 Å². The Balaban J connectivity index is 2.11. The second-order valence-corrected chi connectivity index (χ2v) is 4.68. The van der Waals surface area contributed by atoms with E-state index in [0.717, 1.165) is 11.1 Å². The molecule has 20 heavy (non-hydrogen) atoms. The number of hydrogen-bond acceptors (Lipinski definition) is 3. The number of hydrogen-bond donors (Lipinski definition) is 2. The molecule has 100 valence electrons. The van der Waals surface area contributed by atoms with Gasteiger partial charge in [0.2, 0.25) is 5.76 Å². The predicted octanol–water partition coefficient (Wildman–Crippen LogP) is 4.53. The summed E-state index contributed by atoms with van der Waals surface area (Å²) in [5.74, 6) is -1.22. The largest absolute Gasteiger partial charge is 0.475 e. The zero-order valence-corrected chi connectivity index (χ0v) is 11.0. The molecule has 5 heteroatoms. The number of aromatic carboxylic acids is 1. The second-order valence-electron chi connectivity index (χ2n) is 4.24. The van der Waals surface area contributed by atoms with E-state index in [4.69, 9.17) is 16.0 Å². The maximum absolute atomic E-state index is 11.3. The molecule has 4 nitrogen and oxygen atoms in total. The lowest BCUT2D eigenvalue weighted by Crippen LogP contribution is -1.99. The minimum absolute atomic E-state index is 0.110. The lowest BCUT2D eigenvalue weighted by atomic mass is 10.2. The monoisotopic (exact) mass is 287 g/mol. The minimum Gasteiger partial charge on any atom is -0.475 e. The van der Waals surface area contributed by atoms with Gasteiger partial charge in [0.25, 0.3) is 0 Å². The molecule has 0 atom stereocenters. The third-order valence-electron chi connectivity index (χ3n) is 2.90. The van der Waals surface area contributed by atoms with Crippen LogP contribution in [0.2, 0.25) is 5.02 Å². The molecule has 0 radical (unpaired) electrons. The standard InChI is InChI=1S/C15H10ClNO3/c16-9-5-7-10(8-6-9)17-13-11-3-1-2-4-12(11)20-14(13)15(18)19/h1-8,17H,(H,18,19). The van der Waals surface area contributed by atoms with E-state index in [2.05, 4.69) is 5.32 Å². The van der Waals surface area contributed by atoms with Crippen molar-refractivity contribution < 1.29 is 14.3 Å². The fourth-order valence-electron chi connectivity index (χ4n) is 2.00. The molecule has 0 fully saturated rings. The molecule has 0 saturated heterocycles. The first-order valence-corrected chi connectivity index (χ1v) is 6.30. The number of anilines is 2. The van der Waals surface area contributed by atoms with Crippen molar-refractivity contribution in [3.05, 3.63) is 59.3 Å². The SMILES string of the molecule is O=C(O)c1oc2ccccc2c1Nc1ccc(Cl)cc1. The number of halogens is 1. The van der Waals surface area contributed by atoms with Gasteiger partial charge in [-0.2, -0.15) is 0 Å². The van der Waals surface area contributed by atoms with Crippen molar-refractivity contribution in [3.8, 4) is 0 Å². The zero-order chi connectivity index (χ0) is 14.1. The average molecular weight is 288 g/mol. The molecule has 0 unspecified atom stereocenters. The molecule has 0 amide bonds. The van der Waals surface area contributed by atoms with Crippen molar-refractivity contribution in [1.29, 1.82) is 0 Å². The maximum atomic E-state index is 11.3. The van der Waals surface area contributed by atoms with Crippen LogP contribution in [0.15, 0.2) is 52.9 Å². The van der Waals surface area contributed by atoms with Gasteiger partial charge in [-0.3, -0.25) is 0 Å². The molecule has 0 aliphatic rings. The molecular weight excluding hydrogens is 278 g/mol. The van der Waals surface area contributed by atoms with E-state index in [-0.39, 0.29) is 5.76 Å². The van der Waals surface area contributed by atoms with Crippen LogP contribution in [0.3, 0.4) is 0 Å². The Morgan fingerprint density at radius 1 is 1.10 bits per heavy atom. The van der Waals surface area contributed by atoms with Gasteiger partial charge in [-0.15, -0.1) is 0 Å². The van der Waals surface area contributed by atoms with Crippen LogP contribution >= 0.6 is 11.6 Å². The quantitative estimate of drug-likeness (QED) is 0.743. The van der Waals surface area contributed by atoms with Gasteiger partial charge in [0, 0.05) is 16.1 Å². The normalized spacial score (nSPS) is 10.7. The number of fused-ring (bicyclic) bond motifs is 1. The molecular formula is C15H10ClNO3. The number of carboxylic acid groups (broad SMARTS) is 1. The lowest BCUT2D eigenvalue weighted by Gasteiger charge is -2.05. The van der Waals surface area contributed by atoms with Gasteiger partial charge < -0.3 is 14.8 Å². The highest BCUT2D eigenvalue weighted by Crippen LogP contribution is 2.33. The molecule has 0 saturated carbocycles. The highest BCUT2D eigenvalue weighted by atomic mass is 35.5. The summed E-state index contributed by atoms with van der Waals surface area (Å²) in [4.78, 5) is 11.3. The zero-order valence-electron chi connectivity index (χ0n) is 10.3. The first kappa shape index (κ1) is 12.6. The molecule has 0 bridgehead atoms. The average Bonchev–Trinajstić information content (AvgIpc) is 2.81. The molecule has 0 aliphatic heterocycles. The maximum Gasteiger partial charge on any atom is 0.374 e. The van der Waals surface area contributed by atoms with Crippen LogP contribution in [0.5, 0.6) is 0 Å². The van der Waals surface area contributed by atoms with Crippen LogP contribution < -0.4 is 5.32 Å². The van der Waals surface area contributed by atoms with Crippen LogP contribution in [0.1, 0.15) is 10.6 Å². The van der Waals surface area contributed by atoms with Crippen LogP contribution in [-0.4, -0.2) is 11.1 Å². The van der Waals surface area contributed by atoms with Gasteiger partial charge in [0.1, 0.15) is 11.3 Å². The van der Waals surface area contributed by atoms with Crippen molar-refractivity contribution in [3.63, 3.8) is 0 Å². The number of benzene rings is 2. The number of para-hydroxylation sites is 1. The Kier molecular flexibility index (Phi) is 3.08.